The maximum atomic E-state index is 13.0. The van der Waals surface area contributed by atoms with Crippen LogP contribution in [-0.4, -0.2) is 35.4 Å². The maximum absolute atomic E-state index is 13.0. The van der Waals surface area contributed by atoms with Crippen molar-refractivity contribution in [3.8, 4) is 11.3 Å². The number of aromatic nitrogens is 1. The fourth-order valence-corrected chi connectivity index (χ4v) is 2.58. The first-order valence-corrected chi connectivity index (χ1v) is 8.89. The lowest BCUT2D eigenvalue weighted by Crippen LogP contribution is -2.59. The number of hydrogen-bond donors (Lipinski definition) is 2. The Hall–Kier alpha value is -3.22. The van der Waals surface area contributed by atoms with Crippen LogP contribution in [0.3, 0.4) is 0 Å². The zero-order valence-corrected chi connectivity index (χ0v) is 16.7. The molecular weight excluding hydrogens is 358 g/mol. The molecule has 0 fully saturated rings. The molecule has 0 saturated heterocycles. The van der Waals surface area contributed by atoms with Crippen molar-refractivity contribution in [1.29, 1.82) is 0 Å². The van der Waals surface area contributed by atoms with Crippen molar-refractivity contribution in [2.24, 2.45) is 11.7 Å². The number of nitrogens with two attached hydrogens (primary N) is 1. The summed E-state index contributed by atoms with van der Waals surface area (Å²) in [5, 5.41) is 2.63. The van der Waals surface area contributed by atoms with Crippen LogP contribution in [0.15, 0.2) is 36.4 Å². The van der Waals surface area contributed by atoms with Crippen LogP contribution in [0.4, 0.5) is 0 Å². The Morgan fingerprint density at radius 1 is 1.11 bits per heavy atom. The summed E-state index contributed by atoms with van der Waals surface area (Å²) >= 11 is 0. The van der Waals surface area contributed by atoms with E-state index in [2.05, 4.69) is 10.3 Å². The summed E-state index contributed by atoms with van der Waals surface area (Å²) in [6, 6.07) is 10.7. The molecule has 1 heterocycles. The van der Waals surface area contributed by atoms with E-state index in [9.17, 15) is 14.4 Å². The number of nitrogens with zero attached hydrogens (tertiary/aromatic N) is 1. The van der Waals surface area contributed by atoms with E-state index < -0.39 is 23.3 Å². The molecule has 0 aliphatic rings. The number of rotatable bonds is 6. The number of ether oxygens (including phenoxy) is 1. The number of benzene rings is 1. The van der Waals surface area contributed by atoms with E-state index in [0.717, 1.165) is 11.1 Å². The number of methoxy groups -OCH3 is 1. The third kappa shape index (κ3) is 4.19. The largest absolute Gasteiger partial charge is 0.465 e. The molecule has 1 aromatic carbocycles. The average molecular weight is 383 g/mol. The summed E-state index contributed by atoms with van der Waals surface area (Å²) in [4.78, 5) is 41.4. The molecule has 1 unspecified atom stereocenters. The van der Waals surface area contributed by atoms with Gasteiger partial charge in [-0.05, 0) is 31.9 Å². The molecule has 0 radical (unpaired) electrons. The lowest BCUT2D eigenvalue weighted by atomic mass is 9.87. The van der Waals surface area contributed by atoms with Crippen LogP contribution in [0.25, 0.3) is 11.3 Å². The van der Waals surface area contributed by atoms with Crippen molar-refractivity contribution < 1.29 is 19.1 Å². The summed E-state index contributed by atoms with van der Waals surface area (Å²) in [5.41, 5.74) is 6.46. The molecule has 148 valence electrons. The molecule has 0 aliphatic carbocycles. The first-order chi connectivity index (χ1) is 13.1. The van der Waals surface area contributed by atoms with E-state index in [1.165, 1.54) is 13.2 Å². The Morgan fingerprint density at radius 3 is 2.21 bits per heavy atom. The number of carbonyl (C=O) groups is 3. The van der Waals surface area contributed by atoms with Gasteiger partial charge in [-0.1, -0.05) is 43.7 Å². The SMILES string of the molecule is COC(=O)c1ccc(-c2ccc(C)cc2)nc1C(=O)NC(C)(C(N)=O)C(C)C. The molecule has 7 heteroatoms. The predicted octanol–water partition coefficient (Wildman–Crippen LogP) is 2.47. The van der Waals surface area contributed by atoms with E-state index in [-0.39, 0.29) is 17.2 Å². The summed E-state index contributed by atoms with van der Waals surface area (Å²) in [7, 11) is 1.22. The number of carbonyl (C=O) groups excluding carboxylic acids is 3. The molecule has 0 aliphatic heterocycles. The molecule has 1 aromatic heterocycles. The summed E-state index contributed by atoms with van der Waals surface area (Å²) in [6.07, 6.45) is 0. The van der Waals surface area contributed by atoms with Gasteiger partial charge in [-0.2, -0.15) is 0 Å². The van der Waals surface area contributed by atoms with Gasteiger partial charge in [0.2, 0.25) is 5.91 Å². The molecule has 28 heavy (non-hydrogen) atoms. The minimum atomic E-state index is -1.30. The molecule has 2 amide bonds. The van der Waals surface area contributed by atoms with Crippen molar-refractivity contribution in [1.82, 2.24) is 10.3 Å². The second kappa shape index (κ2) is 8.21. The zero-order valence-electron chi connectivity index (χ0n) is 16.7. The van der Waals surface area contributed by atoms with Gasteiger partial charge < -0.3 is 15.8 Å². The van der Waals surface area contributed by atoms with Gasteiger partial charge in [-0.3, -0.25) is 9.59 Å². The van der Waals surface area contributed by atoms with Gasteiger partial charge in [-0.15, -0.1) is 0 Å². The fourth-order valence-electron chi connectivity index (χ4n) is 2.58. The third-order valence-corrected chi connectivity index (χ3v) is 4.90. The molecule has 0 saturated carbocycles. The fraction of sp³-hybridized carbons (Fsp3) is 0.333. The van der Waals surface area contributed by atoms with Gasteiger partial charge in [0.25, 0.3) is 5.91 Å². The molecule has 2 aromatic rings. The molecule has 0 bridgehead atoms. The van der Waals surface area contributed by atoms with E-state index in [0.29, 0.717) is 5.69 Å². The number of amides is 2. The molecule has 0 spiro atoms. The second-order valence-corrected chi connectivity index (χ2v) is 7.13. The van der Waals surface area contributed by atoms with Crippen LogP contribution in [0.1, 0.15) is 47.2 Å². The highest BCUT2D eigenvalue weighted by Crippen LogP contribution is 2.22. The number of aryl methyl sites for hydroxylation is 1. The number of pyridine rings is 1. The summed E-state index contributed by atoms with van der Waals surface area (Å²) in [5.74, 6) is -2.32. The molecule has 2 rings (SSSR count). The topological polar surface area (TPSA) is 111 Å². The quantitative estimate of drug-likeness (QED) is 0.745. The van der Waals surface area contributed by atoms with Crippen LogP contribution in [0.2, 0.25) is 0 Å². The minimum Gasteiger partial charge on any atom is -0.465 e. The van der Waals surface area contributed by atoms with Crippen LogP contribution in [0.5, 0.6) is 0 Å². The van der Waals surface area contributed by atoms with Crippen LogP contribution >= 0.6 is 0 Å². The van der Waals surface area contributed by atoms with Gasteiger partial charge in [0.15, 0.2) is 0 Å². The molecule has 1 atom stereocenters. The minimum absolute atomic E-state index is 0.00596. The highest BCUT2D eigenvalue weighted by molar-refractivity contribution is 6.06. The molecular formula is C21H25N3O4. The van der Waals surface area contributed by atoms with Crippen molar-refractivity contribution in [3.05, 3.63) is 53.2 Å². The van der Waals surface area contributed by atoms with E-state index in [1.54, 1.807) is 26.8 Å². The second-order valence-electron chi connectivity index (χ2n) is 7.13. The van der Waals surface area contributed by atoms with Gasteiger partial charge in [0.05, 0.1) is 18.4 Å². The first kappa shape index (κ1) is 21.1. The van der Waals surface area contributed by atoms with Crippen LogP contribution < -0.4 is 11.1 Å². The first-order valence-electron chi connectivity index (χ1n) is 8.89. The Balaban J connectivity index is 2.53. The highest BCUT2D eigenvalue weighted by atomic mass is 16.5. The summed E-state index contributed by atoms with van der Waals surface area (Å²) in [6.45, 7) is 7.04. The van der Waals surface area contributed by atoms with E-state index in [4.69, 9.17) is 10.5 Å². The van der Waals surface area contributed by atoms with Gasteiger partial charge in [0, 0.05) is 5.56 Å². The lowest BCUT2D eigenvalue weighted by molar-refractivity contribution is -0.125. The Bertz CT molecular complexity index is 906. The van der Waals surface area contributed by atoms with Crippen LogP contribution in [0, 0.1) is 12.8 Å². The Labute approximate surface area is 164 Å². The standard InChI is InChI=1S/C21H25N3O4/c1-12(2)21(4,20(22)27)24-18(25)17-15(19(26)28-5)10-11-16(23-17)14-8-6-13(3)7-9-14/h6-12H,1-5H3,(H2,22,27)(H,24,25). The number of primary amides is 1. The van der Waals surface area contributed by atoms with E-state index in [1.807, 2.05) is 31.2 Å². The van der Waals surface area contributed by atoms with Crippen molar-refractivity contribution in [2.75, 3.05) is 7.11 Å². The third-order valence-electron chi connectivity index (χ3n) is 4.90. The number of nitrogens with one attached hydrogen (secondary N) is 1. The number of hydrogen-bond acceptors (Lipinski definition) is 5. The van der Waals surface area contributed by atoms with Crippen molar-refractivity contribution in [2.45, 2.75) is 33.2 Å². The van der Waals surface area contributed by atoms with Crippen molar-refractivity contribution in [3.63, 3.8) is 0 Å². The lowest BCUT2D eigenvalue weighted by Gasteiger charge is -2.31. The zero-order chi connectivity index (χ0) is 21.1. The molecule has 3 N–H and O–H groups in total. The van der Waals surface area contributed by atoms with Crippen LogP contribution in [-0.2, 0) is 9.53 Å². The maximum Gasteiger partial charge on any atom is 0.340 e. The Kier molecular flexibility index (Phi) is 6.18. The van der Waals surface area contributed by atoms with Gasteiger partial charge in [-0.25, -0.2) is 9.78 Å². The smallest absolute Gasteiger partial charge is 0.340 e. The monoisotopic (exact) mass is 383 g/mol. The normalized spacial score (nSPS) is 12.9. The predicted molar refractivity (Wildman–Crippen MR) is 106 cm³/mol. The number of esters is 1. The highest BCUT2D eigenvalue weighted by Gasteiger charge is 2.37. The van der Waals surface area contributed by atoms with Gasteiger partial charge in [0.1, 0.15) is 11.2 Å². The molecule has 7 nitrogen and oxygen atoms in total. The van der Waals surface area contributed by atoms with Gasteiger partial charge >= 0.3 is 5.97 Å². The summed E-state index contributed by atoms with van der Waals surface area (Å²) < 4.78 is 4.76. The van der Waals surface area contributed by atoms with E-state index >= 15 is 0 Å². The average Bonchev–Trinajstić information content (AvgIpc) is 2.67. The Morgan fingerprint density at radius 2 is 1.71 bits per heavy atom. The van der Waals surface area contributed by atoms with Crippen molar-refractivity contribution >= 4 is 17.8 Å².